The molecule has 0 aromatic heterocycles. The van der Waals surface area contributed by atoms with Gasteiger partial charge >= 0.3 is 5.97 Å². The third-order valence-corrected chi connectivity index (χ3v) is 2.66. The van der Waals surface area contributed by atoms with E-state index in [1.54, 1.807) is 31.2 Å². The molecule has 1 aromatic carbocycles. The topological polar surface area (TPSA) is 57.5 Å². The summed E-state index contributed by atoms with van der Waals surface area (Å²) in [6.45, 7) is 6.73. The zero-order chi connectivity index (χ0) is 12.3. The van der Waals surface area contributed by atoms with E-state index in [4.69, 9.17) is 5.11 Å². The van der Waals surface area contributed by atoms with Gasteiger partial charge in [-0.3, -0.25) is 4.79 Å². The highest BCUT2D eigenvalue weighted by molar-refractivity contribution is 5.75. The first kappa shape index (κ1) is 12.5. The highest BCUT2D eigenvalue weighted by Crippen LogP contribution is 2.33. The van der Waals surface area contributed by atoms with E-state index in [0.717, 1.165) is 0 Å². The summed E-state index contributed by atoms with van der Waals surface area (Å²) in [4.78, 5) is 11.1. The van der Waals surface area contributed by atoms with Crippen LogP contribution in [0.15, 0.2) is 42.5 Å². The van der Waals surface area contributed by atoms with Gasteiger partial charge in [0.2, 0.25) is 0 Å². The van der Waals surface area contributed by atoms with E-state index in [-0.39, 0.29) is 0 Å². The second-order valence-electron chi connectivity index (χ2n) is 4.13. The van der Waals surface area contributed by atoms with Crippen LogP contribution in [0.4, 0.5) is 0 Å². The Balaban J connectivity index is 3.18. The summed E-state index contributed by atoms with van der Waals surface area (Å²) in [7, 11) is 0. The van der Waals surface area contributed by atoms with Crippen LogP contribution < -0.4 is 0 Å². The molecular formula is C13H16O3. The van der Waals surface area contributed by atoms with Crippen molar-refractivity contribution < 1.29 is 15.0 Å². The lowest BCUT2D eigenvalue weighted by Gasteiger charge is -2.30. The highest BCUT2D eigenvalue weighted by Gasteiger charge is 2.39. The minimum Gasteiger partial charge on any atom is -0.481 e. The molecule has 0 bridgehead atoms. The molecular weight excluding hydrogens is 204 g/mol. The molecule has 0 saturated heterocycles. The summed E-state index contributed by atoms with van der Waals surface area (Å²) >= 11 is 0. The summed E-state index contributed by atoms with van der Waals surface area (Å²) in [6.07, 6.45) is 0. The van der Waals surface area contributed by atoms with Gasteiger partial charge in [0.05, 0.1) is 0 Å². The number of hydrogen-bond donors (Lipinski definition) is 2. The number of benzene rings is 1. The molecule has 2 N–H and O–H groups in total. The number of hydrogen-bond acceptors (Lipinski definition) is 2. The average molecular weight is 220 g/mol. The number of carbonyl (C=O) groups is 1. The molecule has 1 aromatic rings. The molecule has 0 aliphatic carbocycles. The van der Waals surface area contributed by atoms with Crippen molar-refractivity contribution in [2.45, 2.75) is 19.4 Å². The van der Waals surface area contributed by atoms with E-state index >= 15 is 0 Å². The monoisotopic (exact) mass is 220 g/mol. The first-order valence-electron chi connectivity index (χ1n) is 5.03. The molecule has 16 heavy (non-hydrogen) atoms. The van der Waals surface area contributed by atoms with Crippen LogP contribution in [0.1, 0.15) is 19.4 Å². The van der Waals surface area contributed by atoms with E-state index < -0.39 is 17.5 Å². The van der Waals surface area contributed by atoms with Crippen molar-refractivity contribution in [2.24, 2.45) is 5.92 Å². The molecule has 0 fully saturated rings. The van der Waals surface area contributed by atoms with Crippen molar-refractivity contribution >= 4 is 5.97 Å². The average Bonchev–Trinajstić information content (AvgIpc) is 2.17. The van der Waals surface area contributed by atoms with Crippen LogP contribution >= 0.6 is 0 Å². The first-order chi connectivity index (χ1) is 7.37. The summed E-state index contributed by atoms with van der Waals surface area (Å²) < 4.78 is 0. The van der Waals surface area contributed by atoms with Crippen molar-refractivity contribution in [3.05, 3.63) is 48.0 Å². The zero-order valence-electron chi connectivity index (χ0n) is 9.47. The van der Waals surface area contributed by atoms with Gasteiger partial charge in [0.1, 0.15) is 11.5 Å². The molecule has 0 aliphatic heterocycles. The molecule has 86 valence electrons. The molecule has 0 aliphatic rings. The normalized spacial score (nSPS) is 16.2. The zero-order valence-corrected chi connectivity index (χ0v) is 9.47. The predicted octanol–water partition coefficient (Wildman–Crippen LogP) is 2.17. The van der Waals surface area contributed by atoms with Gasteiger partial charge in [0, 0.05) is 0 Å². The van der Waals surface area contributed by atoms with Crippen molar-refractivity contribution in [3.8, 4) is 0 Å². The third-order valence-electron chi connectivity index (χ3n) is 2.66. The fourth-order valence-corrected chi connectivity index (χ4v) is 1.87. The van der Waals surface area contributed by atoms with Gasteiger partial charge in [-0.15, -0.1) is 0 Å². The first-order valence-corrected chi connectivity index (χ1v) is 5.03. The number of aliphatic hydroxyl groups is 1. The summed E-state index contributed by atoms with van der Waals surface area (Å²) in [5.74, 6) is -2.07. The Kier molecular flexibility index (Phi) is 3.50. The predicted molar refractivity (Wildman–Crippen MR) is 62.0 cm³/mol. The van der Waals surface area contributed by atoms with Gasteiger partial charge < -0.3 is 10.2 Å². The maximum absolute atomic E-state index is 11.1. The van der Waals surface area contributed by atoms with Gasteiger partial charge in [-0.05, 0) is 19.4 Å². The van der Waals surface area contributed by atoms with E-state index in [1.807, 2.05) is 6.07 Å². The van der Waals surface area contributed by atoms with Crippen molar-refractivity contribution in [3.63, 3.8) is 0 Å². The van der Waals surface area contributed by atoms with Gasteiger partial charge in [0.25, 0.3) is 0 Å². The fourth-order valence-electron chi connectivity index (χ4n) is 1.87. The fraction of sp³-hybridized carbons (Fsp3) is 0.308. The van der Waals surface area contributed by atoms with Gasteiger partial charge in [-0.2, -0.15) is 0 Å². The molecule has 1 rings (SSSR count). The van der Waals surface area contributed by atoms with Gasteiger partial charge in [-0.1, -0.05) is 42.5 Å². The molecule has 2 atom stereocenters. The minimum absolute atomic E-state index is 0.432. The Bertz CT molecular complexity index is 379. The number of aliphatic carboxylic acids is 1. The minimum atomic E-state index is -1.45. The quantitative estimate of drug-likeness (QED) is 0.764. The van der Waals surface area contributed by atoms with Crippen LogP contribution in [-0.2, 0) is 10.4 Å². The molecule has 0 heterocycles. The molecule has 0 spiro atoms. The van der Waals surface area contributed by atoms with E-state index in [1.165, 1.54) is 6.92 Å². The smallest absolute Gasteiger partial charge is 0.313 e. The Labute approximate surface area is 95.0 Å². The maximum atomic E-state index is 11.1. The largest absolute Gasteiger partial charge is 0.481 e. The Hall–Kier alpha value is -1.61. The van der Waals surface area contributed by atoms with Crippen molar-refractivity contribution in [1.82, 2.24) is 0 Å². The van der Waals surface area contributed by atoms with Crippen molar-refractivity contribution in [1.29, 1.82) is 0 Å². The Morgan fingerprint density at radius 2 is 1.88 bits per heavy atom. The standard InChI is InChI=1S/C13H16O3/c1-9(2)11(12(14)15)13(3,16)10-7-5-4-6-8-10/h4-8,11,16H,1H2,2-3H3,(H,14,15)/t11-,13-/m0/s1. The lowest BCUT2D eigenvalue weighted by molar-refractivity contribution is -0.148. The maximum Gasteiger partial charge on any atom is 0.313 e. The molecule has 3 nitrogen and oxygen atoms in total. The Morgan fingerprint density at radius 1 is 1.38 bits per heavy atom. The lowest BCUT2D eigenvalue weighted by atomic mass is 9.79. The van der Waals surface area contributed by atoms with Crippen LogP contribution in [0, 0.1) is 5.92 Å². The van der Waals surface area contributed by atoms with Crippen LogP contribution in [0.25, 0.3) is 0 Å². The Morgan fingerprint density at radius 3 is 2.25 bits per heavy atom. The van der Waals surface area contributed by atoms with Gasteiger partial charge in [0.15, 0.2) is 0 Å². The highest BCUT2D eigenvalue weighted by atomic mass is 16.4. The van der Waals surface area contributed by atoms with Crippen LogP contribution in [-0.4, -0.2) is 16.2 Å². The van der Waals surface area contributed by atoms with E-state index in [2.05, 4.69) is 6.58 Å². The second-order valence-corrected chi connectivity index (χ2v) is 4.13. The molecule has 0 unspecified atom stereocenters. The van der Waals surface area contributed by atoms with Gasteiger partial charge in [-0.25, -0.2) is 0 Å². The molecule has 3 heteroatoms. The molecule has 0 radical (unpaired) electrons. The SMILES string of the molecule is C=C(C)[C@@H](C(=O)O)[C@@](C)(O)c1ccccc1. The third kappa shape index (κ3) is 2.31. The van der Waals surface area contributed by atoms with Crippen LogP contribution in [0.2, 0.25) is 0 Å². The van der Waals surface area contributed by atoms with E-state index in [0.29, 0.717) is 11.1 Å². The molecule has 0 amide bonds. The summed E-state index contributed by atoms with van der Waals surface area (Å²) in [6, 6.07) is 8.76. The number of carboxylic acid groups (broad SMARTS) is 1. The van der Waals surface area contributed by atoms with Crippen LogP contribution in [0.3, 0.4) is 0 Å². The van der Waals surface area contributed by atoms with E-state index in [9.17, 15) is 9.90 Å². The lowest BCUT2D eigenvalue weighted by Crippen LogP contribution is -2.37. The van der Waals surface area contributed by atoms with Crippen LogP contribution in [0.5, 0.6) is 0 Å². The number of rotatable bonds is 4. The van der Waals surface area contributed by atoms with Crippen molar-refractivity contribution in [2.75, 3.05) is 0 Å². The summed E-state index contributed by atoms with van der Waals surface area (Å²) in [5, 5.41) is 19.5. The molecule has 0 saturated carbocycles. The summed E-state index contributed by atoms with van der Waals surface area (Å²) in [5.41, 5.74) is -0.439. The number of carboxylic acids is 1. The second kappa shape index (κ2) is 4.49.